The molecule has 0 N–H and O–H groups in total. The number of benzene rings is 1. The van der Waals surface area contributed by atoms with Crippen LogP contribution in [0.25, 0.3) is 0 Å². The number of hydrogen-bond donors (Lipinski definition) is 0. The molecule has 0 amide bonds. The standard InChI is InChI=1S/C18H20N2O3/c1-14-13-17(23-20-14)5-3-2-4-11-21-16-8-6-15(7-9-16)18-19-10-12-22-18/h2,4,6-9,13H,3,5,10-12H2,1H3. The molecule has 1 aliphatic rings. The summed E-state index contributed by atoms with van der Waals surface area (Å²) in [6.45, 7) is 3.89. The highest BCUT2D eigenvalue weighted by atomic mass is 16.5. The molecular weight excluding hydrogens is 292 g/mol. The van der Waals surface area contributed by atoms with Crippen molar-refractivity contribution in [1.82, 2.24) is 5.16 Å². The molecule has 0 bridgehead atoms. The fourth-order valence-corrected chi connectivity index (χ4v) is 2.29. The maximum absolute atomic E-state index is 5.68. The van der Waals surface area contributed by atoms with E-state index in [2.05, 4.69) is 16.2 Å². The van der Waals surface area contributed by atoms with Crippen molar-refractivity contribution in [1.29, 1.82) is 0 Å². The Kier molecular flexibility index (Phi) is 5.09. The van der Waals surface area contributed by atoms with Crippen LogP contribution in [0.15, 0.2) is 52.0 Å². The second kappa shape index (κ2) is 7.63. The quantitative estimate of drug-likeness (QED) is 0.736. The SMILES string of the molecule is Cc1cc(CCC=CCOc2ccc(C3=NCCO3)cc2)on1. The zero-order chi connectivity index (χ0) is 15.9. The van der Waals surface area contributed by atoms with E-state index < -0.39 is 0 Å². The van der Waals surface area contributed by atoms with Gasteiger partial charge in [-0.25, -0.2) is 4.99 Å². The van der Waals surface area contributed by atoms with Crippen LogP contribution >= 0.6 is 0 Å². The van der Waals surface area contributed by atoms with Crippen LogP contribution in [0.2, 0.25) is 0 Å². The van der Waals surface area contributed by atoms with Crippen molar-refractivity contribution in [3.63, 3.8) is 0 Å². The predicted octanol–water partition coefficient (Wildman–Crippen LogP) is 3.33. The molecule has 5 heteroatoms. The van der Waals surface area contributed by atoms with Crippen LogP contribution in [-0.2, 0) is 11.2 Å². The Bertz CT molecular complexity index is 687. The lowest BCUT2D eigenvalue weighted by Crippen LogP contribution is -2.01. The van der Waals surface area contributed by atoms with Crippen molar-refractivity contribution >= 4 is 5.90 Å². The molecule has 120 valence electrons. The van der Waals surface area contributed by atoms with Crippen LogP contribution in [0.1, 0.15) is 23.4 Å². The van der Waals surface area contributed by atoms with Crippen molar-refractivity contribution < 1.29 is 14.0 Å². The Balaban J connectivity index is 1.39. The number of aliphatic imine (C=N–C) groups is 1. The Morgan fingerprint density at radius 2 is 2.09 bits per heavy atom. The minimum atomic E-state index is 0.548. The zero-order valence-corrected chi connectivity index (χ0v) is 13.2. The summed E-state index contributed by atoms with van der Waals surface area (Å²) in [5.41, 5.74) is 1.91. The summed E-state index contributed by atoms with van der Waals surface area (Å²) in [5.74, 6) is 2.47. The van der Waals surface area contributed by atoms with Gasteiger partial charge in [0.2, 0.25) is 5.90 Å². The van der Waals surface area contributed by atoms with E-state index in [1.807, 2.05) is 43.3 Å². The summed E-state index contributed by atoms with van der Waals surface area (Å²) in [7, 11) is 0. The van der Waals surface area contributed by atoms with Gasteiger partial charge in [-0.1, -0.05) is 17.3 Å². The van der Waals surface area contributed by atoms with Gasteiger partial charge in [-0.2, -0.15) is 0 Å². The minimum absolute atomic E-state index is 0.548. The van der Waals surface area contributed by atoms with Crippen molar-refractivity contribution in [2.75, 3.05) is 19.8 Å². The molecule has 0 radical (unpaired) electrons. The zero-order valence-electron chi connectivity index (χ0n) is 13.2. The molecule has 2 aromatic rings. The first-order valence-electron chi connectivity index (χ1n) is 7.79. The van der Waals surface area contributed by atoms with Crippen LogP contribution in [0.3, 0.4) is 0 Å². The molecular formula is C18H20N2O3. The molecule has 0 unspecified atom stereocenters. The van der Waals surface area contributed by atoms with Gasteiger partial charge in [0.15, 0.2) is 0 Å². The first kappa shape index (κ1) is 15.3. The third kappa shape index (κ3) is 4.45. The van der Waals surface area contributed by atoms with E-state index in [0.717, 1.165) is 48.1 Å². The maximum Gasteiger partial charge on any atom is 0.216 e. The lowest BCUT2D eigenvalue weighted by molar-refractivity contribution is 0.348. The van der Waals surface area contributed by atoms with E-state index in [1.165, 1.54) is 0 Å². The number of rotatable bonds is 7. The van der Waals surface area contributed by atoms with E-state index in [9.17, 15) is 0 Å². The summed E-state index contributed by atoms with van der Waals surface area (Å²) in [6, 6.07) is 9.77. The number of ether oxygens (including phenoxy) is 2. The fourth-order valence-electron chi connectivity index (χ4n) is 2.29. The van der Waals surface area contributed by atoms with Crippen LogP contribution in [-0.4, -0.2) is 30.8 Å². The van der Waals surface area contributed by atoms with Gasteiger partial charge in [0.1, 0.15) is 24.7 Å². The van der Waals surface area contributed by atoms with Gasteiger partial charge in [0.05, 0.1) is 12.2 Å². The maximum atomic E-state index is 5.68. The van der Waals surface area contributed by atoms with Crippen LogP contribution in [0.5, 0.6) is 5.75 Å². The van der Waals surface area contributed by atoms with E-state index >= 15 is 0 Å². The highest BCUT2D eigenvalue weighted by Crippen LogP contribution is 2.15. The normalized spacial score (nSPS) is 14.0. The first-order chi connectivity index (χ1) is 11.3. The van der Waals surface area contributed by atoms with Crippen LogP contribution < -0.4 is 4.74 Å². The van der Waals surface area contributed by atoms with Crippen molar-refractivity contribution in [2.24, 2.45) is 4.99 Å². The molecule has 23 heavy (non-hydrogen) atoms. The van der Waals surface area contributed by atoms with Gasteiger partial charge in [0.25, 0.3) is 0 Å². The molecule has 0 spiro atoms. The molecule has 0 saturated heterocycles. The Labute approximate surface area is 135 Å². The van der Waals surface area contributed by atoms with Gasteiger partial charge >= 0.3 is 0 Å². The molecule has 3 rings (SSSR count). The van der Waals surface area contributed by atoms with Crippen molar-refractivity contribution in [3.8, 4) is 5.75 Å². The molecule has 0 saturated carbocycles. The Morgan fingerprint density at radius 1 is 1.22 bits per heavy atom. The first-order valence-corrected chi connectivity index (χ1v) is 7.79. The average molecular weight is 312 g/mol. The highest BCUT2D eigenvalue weighted by Gasteiger charge is 2.09. The number of aromatic nitrogens is 1. The summed E-state index contributed by atoms with van der Waals surface area (Å²) in [5, 5.41) is 3.87. The van der Waals surface area contributed by atoms with Gasteiger partial charge in [-0.3, -0.25) is 0 Å². The Hall–Kier alpha value is -2.56. The fraction of sp³-hybridized carbons (Fsp3) is 0.333. The van der Waals surface area contributed by atoms with E-state index in [-0.39, 0.29) is 0 Å². The molecule has 0 fully saturated rings. The van der Waals surface area contributed by atoms with E-state index in [0.29, 0.717) is 13.2 Å². The second-order valence-electron chi connectivity index (χ2n) is 5.32. The molecule has 0 aliphatic carbocycles. The number of aryl methyl sites for hydroxylation is 2. The molecule has 1 aliphatic heterocycles. The largest absolute Gasteiger partial charge is 0.490 e. The minimum Gasteiger partial charge on any atom is -0.490 e. The van der Waals surface area contributed by atoms with E-state index in [4.69, 9.17) is 14.0 Å². The van der Waals surface area contributed by atoms with E-state index in [1.54, 1.807) is 0 Å². The Morgan fingerprint density at radius 3 is 2.78 bits per heavy atom. The molecule has 1 aromatic heterocycles. The number of allylic oxidation sites excluding steroid dienone is 1. The van der Waals surface area contributed by atoms with Crippen LogP contribution in [0.4, 0.5) is 0 Å². The summed E-state index contributed by atoms with van der Waals surface area (Å²) >= 11 is 0. The number of hydrogen-bond acceptors (Lipinski definition) is 5. The van der Waals surface area contributed by atoms with Crippen LogP contribution in [0, 0.1) is 6.92 Å². The van der Waals surface area contributed by atoms with Gasteiger partial charge in [0, 0.05) is 18.1 Å². The second-order valence-corrected chi connectivity index (χ2v) is 5.32. The topological polar surface area (TPSA) is 56.9 Å². The van der Waals surface area contributed by atoms with Crippen molar-refractivity contribution in [3.05, 3.63) is 59.5 Å². The predicted molar refractivity (Wildman–Crippen MR) is 88.0 cm³/mol. The van der Waals surface area contributed by atoms with Gasteiger partial charge in [-0.05, 0) is 37.6 Å². The summed E-state index contributed by atoms with van der Waals surface area (Å²) in [4.78, 5) is 4.29. The summed E-state index contributed by atoms with van der Waals surface area (Å²) in [6.07, 6.45) is 5.87. The molecule has 5 nitrogen and oxygen atoms in total. The third-order valence-electron chi connectivity index (χ3n) is 3.43. The lowest BCUT2D eigenvalue weighted by Gasteiger charge is -2.05. The van der Waals surface area contributed by atoms with Gasteiger partial charge in [-0.15, -0.1) is 0 Å². The lowest BCUT2D eigenvalue weighted by atomic mass is 10.2. The molecule has 1 aromatic carbocycles. The van der Waals surface area contributed by atoms with Gasteiger partial charge < -0.3 is 14.0 Å². The summed E-state index contributed by atoms with van der Waals surface area (Å²) < 4.78 is 16.3. The average Bonchev–Trinajstić information content (AvgIpc) is 3.23. The molecule has 0 atom stereocenters. The molecule has 2 heterocycles. The monoisotopic (exact) mass is 312 g/mol. The number of nitrogens with zero attached hydrogens (tertiary/aromatic N) is 2. The smallest absolute Gasteiger partial charge is 0.216 e. The van der Waals surface area contributed by atoms with Crippen molar-refractivity contribution in [2.45, 2.75) is 19.8 Å². The highest BCUT2D eigenvalue weighted by molar-refractivity contribution is 5.94. The third-order valence-corrected chi connectivity index (χ3v) is 3.43.